The maximum atomic E-state index is 11.7. The zero-order valence-electron chi connectivity index (χ0n) is 8.66. The summed E-state index contributed by atoms with van der Waals surface area (Å²) in [7, 11) is 0. The molecule has 3 heteroatoms. The Morgan fingerprint density at radius 2 is 2.36 bits per heavy atom. The van der Waals surface area contributed by atoms with Gasteiger partial charge in [0, 0.05) is 13.0 Å². The van der Waals surface area contributed by atoms with Gasteiger partial charge in [-0.25, -0.2) is 0 Å². The third-order valence-electron chi connectivity index (χ3n) is 2.06. The largest absolute Gasteiger partial charge is 0.472 e. The molecular weight excluding hydrogens is 180 g/mol. The highest BCUT2D eigenvalue weighted by Gasteiger charge is 2.16. The highest BCUT2D eigenvalue weighted by atomic mass is 16.5. The zero-order valence-corrected chi connectivity index (χ0v) is 8.66. The van der Waals surface area contributed by atoms with Crippen molar-refractivity contribution in [3.8, 4) is 0 Å². The van der Waals surface area contributed by atoms with Crippen LogP contribution in [0.3, 0.4) is 0 Å². The lowest BCUT2D eigenvalue weighted by Gasteiger charge is -2.12. The van der Waals surface area contributed by atoms with Gasteiger partial charge < -0.3 is 9.15 Å². The fourth-order valence-corrected chi connectivity index (χ4v) is 1.35. The number of Topliss-reactive ketones (excluding diaryl/α,β-unsaturated/α-hetero) is 1. The Labute approximate surface area is 84.1 Å². The lowest BCUT2D eigenvalue weighted by molar-refractivity contribution is -0.129. The average Bonchev–Trinajstić information content (AvgIpc) is 2.66. The van der Waals surface area contributed by atoms with E-state index in [2.05, 4.69) is 0 Å². The van der Waals surface area contributed by atoms with E-state index in [4.69, 9.17) is 9.15 Å². The topological polar surface area (TPSA) is 39.4 Å². The molecule has 0 amide bonds. The van der Waals surface area contributed by atoms with Gasteiger partial charge in [0.05, 0.1) is 12.5 Å². The normalized spacial score (nSPS) is 12.7. The first-order valence-electron chi connectivity index (χ1n) is 4.93. The van der Waals surface area contributed by atoms with Gasteiger partial charge in [-0.1, -0.05) is 6.92 Å². The standard InChI is InChI=1S/C11H16O3/c1-3-11(14-4-2)10(12)7-9-5-6-13-8-9/h5-6,8,11H,3-4,7H2,1-2H3. The summed E-state index contributed by atoms with van der Waals surface area (Å²) in [5, 5.41) is 0. The van der Waals surface area contributed by atoms with E-state index in [1.165, 1.54) is 0 Å². The van der Waals surface area contributed by atoms with E-state index in [1.807, 2.05) is 13.8 Å². The second-order valence-corrected chi connectivity index (χ2v) is 3.13. The number of furan rings is 1. The Balaban J connectivity index is 2.47. The number of ketones is 1. The molecular formula is C11H16O3. The van der Waals surface area contributed by atoms with E-state index in [-0.39, 0.29) is 11.9 Å². The Hall–Kier alpha value is -1.09. The van der Waals surface area contributed by atoms with Crippen LogP contribution in [-0.4, -0.2) is 18.5 Å². The number of carbonyl (C=O) groups is 1. The summed E-state index contributed by atoms with van der Waals surface area (Å²) in [4.78, 5) is 11.7. The van der Waals surface area contributed by atoms with Gasteiger partial charge in [0.1, 0.15) is 6.10 Å². The van der Waals surface area contributed by atoms with E-state index in [0.717, 1.165) is 12.0 Å². The number of hydrogen-bond acceptors (Lipinski definition) is 3. The van der Waals surface area contributed by atoms with Gasteiger partial charge in [0.15, 0.2) is 5.78 Å². The van der Waals surface area contributed by atoms with Gasteiger partial charge >= 0.3 is 0 Å². The van der Waals surface area contributed by atoms with Gasteiger partial charge in [-0.05, 0) is 25.0 Å². The summed E-state index contributed by atoms with van der Waals surface area (Å²) in [6, 6.07) is 1.80. The average molecular weight is 196 g/mol. The van der Waals surface area contributed by atoms with E-state index < -0.39 is 0 Å². The van der Waals surface area contributed by atoms with Crippen LogP contribution >= 0.6 is 0 Å². The molecule has 0 bridgehead atoms. The van der Waals surface area contributed by atoms with Crippen molar-refractivity contribution in [1.29, 1.82) is 0 Å². The summed E-state index contributed by atoms with van der Waals surface area (Å²) in [5.74, 6) is 0.121. The minimum absolute atomic E-state index is 0.121. The highest BCUT2D eigenvalue weighted by Crippen LogP contribution is 2.07. The van der Waals surface area contributed by atoms with Gasteiger partial charge in [-0.2, -0.15) is 0 Å². The highest BCUT2D eigenvalue weighted by molar-refractivity contribution is 5.85. The van der Waals surface area contributed by atoms with Crippen molar-refractivity contribution in [2.24, 2.45) is 0 Å². The summed E-state index contributed by atoms with van der Waals surface area (Å²) >= 11 is 0. The molecule has 0 aliphatic heterocycles. The van der Waals surface area contributed by atoms with Crippen molar-refractivity contribution in [1.82, 2.24) is 0 Å². The Bertz CT molecular complexity index is 264. The van der Waals surface area contributed by atoms with Crippen LogP contribution in [0.2, 0.25) is 0 Å². The fourth-order valence-electron chi connectivity index (χ4n) is 1.35. The summed E-state index contributed by atoms with van der Waals surface area (Å²) in [6.07, 6.45) is 4.02. The maximum Gasteiger partial charge on any atom is 0.166 e. The molecule has 1 atom stereocenters. The summed E-state index contributed by atoms with van der Waals surface area (Å²) in [5.41, 5.74) is 0.910. The molecule has 0 radical (unpaired) electrons. The minimum atomic E-state index is -0.269. The molecule has 78 valence electrons. The minimum Gasteiger partial charge on any atom is -0.472 e. The zero-order chi connectivity index (χ0) is 10.4. The van der Waals surface area contributed by atoms with E-state index >= 15 is 0 Å². The predicted molar refractivity (Wildman–Crippen MR) is 53.1 cm³/mol. The van der Waals surface area contributed by atoms with Crippen molar-refractivity contribution < 1.29 is 13.9 Å². The van der Waals surface area contributed by atoms with Crippen LogP contribution in [0.5, 0.6) is 0 Å². The molecule has 0 spiro atoms. The molecule has 1 heterocycles. The first kappa shape index (κ1) is 11.0. The van der Waals surface area contributed by atoms with Gasteiger partial charge in [-0.3, -0.25) is 4.79 Å². The van der Waals surface area contributed by atoms with E-state index in [9.17, 15) is 4.79 Å². The Kier molecular flexibility index (Phi) is 4.40. The molecule has 0 saturated carbocycles. The van der Waals surface area contributed by atoms with Crippen molar-refractivity contribution in [2.75, 3.05) is 6.61 Å². The van der Waals surface area contributed by atoms with Crippen molar-refractivity contribution >= 4 is 5.78 Å². The Morgan fingerprint density at radius 1 is 1.57 bits per heavy atom. The van der Waals surface area contributed by atoms with E-state index in [1.54, 1.807) is 18.6 Å². The predicted octanol–water partition coefficient (Wildman–Crippen LogP) is 2.21. The lowest BCUT2D eigenvalue weighted by Crippen LogP contribution is -2.25. The van der Waals surface area contributed by atoms with Gasteiger partial charge in [0.2, 0.25) is 0 Å². The SMILES string of the molecule is CCOC(CC)C(=O)Cc1ccoc1. The molecule has 0 fully saturated rings. The first-order chi connectivity index (χ1) is 6.77. The van der Waals surface area contributed by atoms with E-state index in [0.29, 0.717) is 13.0 Å². The molecule has 14 heavy (non-hydrogen) atoms. The summed E-state index contributed by atoms with van der Waals surface area (Å²) in [6.45, 7) is 4.43. The van der Waals surface area contributed by atoms with Crippen LogP contribution < -0.4 is 0 Å². The second-order valence-electron chi connectivity index (χ2n) is 3.13. The molecule has 1 aromatic rings. The third kappa shape index (κ3) is 3.00. The van der Waals surface area contributed by atoms with Crippen molar-refractivity contribution in [3.63, 3.8) is 0 Å². The van der Waals surface area contributed by atoms with Crippen LogP contribution in [-0.2, 0) is 16.0 Å². The fraction of sp³-hybridized carbons (Fsp3) is 0.545. The first-order valence-corrected chi connectivity index (χ1v) is 4.93. The van der Waals surface area contributed by atoms with Gasteiger partial charge in [-0.15, -0.1) is 0 Å². The number of hydrogen-bond donors (Lipinski definition) is 0. The molecule has 1 aromatic heterocycles. The molecule has 0 aromatic carbocycles. The van der Waals surface area contributed by atoms with Crippen LogP contribution in [0, 0.1) is 0 Å². The molecule has 0 aliphatic carbocycles. The number of carbonyl (C=O) groups excluding carboxylic acids is 1. The number of ether oxygens (including phenoxy) is 1. The van der Waals surface area contributed by atoms with Crippen LogP contribution in [0.1, 0.15) is 25.8 Å². The molecule has 0 N–H and O–H groups in total. The van der Waals surface area contributed by atoms with Crippen molar-refractivity contribution in [2.45, 2.75) is 32.8 Å². The maximum absolute atomic E-state index is 11.7. The van der Waals surface area contributed by atoms with Crippen molar-refractivity contribution in [3.05, 3.63) is 24.2 Å². The molecule has 1 unspecified atom stereocenters. The van der Waals surface area contributed by atoms with Crippen LogP contribution in [0.25, 0.3) is 0 Å². The molecule has 1 rings (SSSR count). The molecule has 0 saturated heterocycles. The quantitative estimate of drug-likeness (QED) is 0.700. The smallest absolute Gasteiger partial charge is 0.166 e. The monoisotopic (exact) mass is 196 g/mol. The van der Waals surface area contributed by atoms with Crippen LogP contribution in [0.4, 0.5) is 0 Å². The molecule has 0 aliphatic rings. The lowest BCUT2D eigenvalue weighted by atomic mass is 10.1. The molecule has 3 nitrogen and oxygen atoms in total. The van der Waals surface area contributed by atoms with Gasteiger partial charge in [0.25, 0.3) is 0 Å². The summed E-state index contributed by atoms with van der Waals surface area (Å²) < 4.78 is 10.2. The third-order valence-corrected chi connectivity index (χ3v) is 2.06. The number of rotatable bonds is 6. The van der Waals surface area contributed by atoms with Crippen LogP contribution in [0.15, 0.2) is 23.0 Å². The second kappa shape index (κ2) is 5.60. The Morgan fingerprint density at radius 3 is 2.86 bits per heavy atom.